The standard InChI is InChI=1S/C19H24N2OS2/c1-4-15-7-5-6-10-20(15)12-17-18(22)21(19(23)24-17)16-9-8-13(2)11-14(16)3/h8-9,11-12,15H,4-7,10H2,1-3H3/b17-12-. The highest BCUT2D eigenvalue weighted by Gasteiger charge is 2.35. The number of rotatable bonds is 3. The van der Waals surface area contributed by atoms with E-state index in [0.717, 1.165) is 29.1 Å². The number of nitrogens with zero attached hydrogens (tertiary/aromatic N) is 2. The molecule has 0 aromatic heterocycles. The van der Waals surface area contributed by atoms with E-state index < -0.39 is 0 Å². The van der Waals surface area contributed by atoms with Gasteiger partial charge in [-0.3, -0.25) is 9.69 Å². The van der Waals surface area contributed by atoms with Crippen molar-refractivity contribution in [1.29, 1.82) is 0 Å². The van der Waals surface area contributed by atoms with Crippen LogP contribution in [0.1, 0.15) is 43.7 Å². The van der Waals surface area contributed by atoms with Crippen LogP contribution in [0.25, 0.3) is 0 Å². The van der Waals surface area contributed by atoms with Crippen LogP contribution in [0.5, 0.6) is 0 Å². The van der Waals surface area contributed by atoms with Gasteiger partial charge in [0.1, 0.15) is 0 Å². The smallest absolute Gasteiger partial charge is 0.272 e. The minimum Gasteiger partial charge on any atom is -0.373 e. The number of hydrogen-bond donors (Lipinski definition) is 0. The number of thioether (sulfide) groups is 1. The van der Waals surface area contributed by atoms with Gasteiger partial charge in [-0.2, -0.15) is 0 Å². The molecule has 0 aliphatic carbocycles. The number of benzene rings is 1. The molecule has 3 nitrogen and oxygen atoms in total. The molecule has 2 aliphatic heterocycles. The van der Waals surface area contributed by atoms with Gasteiger partial charge in [0, 0.05) is 18.8 Å². The van der Waals surface area contributed by atoms with E-state index in [1.807, 2.05) is 19.1 Å². The molecule has 1 aromatic rings. The highest BCUT2D eigenvalue weighted by molar-refractivity contribution is 8.27. The van der Waals surface area contributed by atoms with E-state index in [1.165, 1.54) is 36.6 Å². The summed E-state index contributed by atoms with van der Waals surface area (Å²) in [6.07, 6.45) is 6.87. The molecule has 1 aromatic carbocycles. The van der Waals surface area contributed by atoms with Gasteiger partial charge in [-0.1, -0.05) is 48.6 Å². The number of anilines is 1. The molecule has 2 fully saturated rings. The molecular weight excluding hydrogens is 336 g/mol. The minimum atomic E-state index is 0.0115. The maximum absolute atomic E-state index is 12.9. The zero-order valence-corrected chi connectivity index (χ0v) is 16.2. The molecule has 24 heavy (non-hydrogen) atoms. The van der Waals surface area contributed by atoms with Gasteiger partial charge in [0.05, 0.1) is 10.6 Å². The highest BCUT2D eigenvalue weighted by atomic mass is 32.2. The van der Waals surface area contributed by atoms with Gasteiger partial charge in [-0.25, -0.2) is 0 Å². The van der Waals surface area contributed by atoms with Crippen LogP contribution >= 0.6 is 24.0 Å². The van der Waals surface area contributed by atoms with Gasteiger partial charge in [-0.05, 0) is 51.2 Å². The number of piperidine rings is 1. The van der Waals surface area contributed by atoms with Crippen LogP contribution in [0.2, 0.25) is 0 Å². The maximum Gasteiger partial charge on any atom is 0.272 e. The molecule has 2 heterocycles. The van der Waals surface area contributed by atoms with E-state index in [1.54, 1.807) is 4.90 Å². The molecule has 0 radical (unpaired) electrons. The Hall–Kier alpha value is -1.33. The third-order valence-electron chi connectivity index (χ3n) is 4.81. The number of thiocarbonyl (C=S) groups is 1. The number of hydrogen-bond acceptors (Lipinski definition) is 4. The van der Waals surface area contributed by atoms with Crippen molar-refractivity contribution in [2.24, 2.45) is 0 Å². The van der Waals surface area contributed by atoms with Crippen molar-refractivity contribution in [1.82, 2.24) is 4.90 Å². The van der Waals surface area contributed by atoms with Gasteiger partial charge in [0.2, 0.25) is 0 Å². The molecule has 0 spiro atoms. The van der Waals surface area contributed by atoms with E-state index in [9.17, 15) is 4.79 Å². The van der Waals surface area contributed by atoms with Gasteiger partial charge in [0.15, 0.2) is 4.32 Å². The Morgan fingerprint density at radius 3 is 2.83 bits per heavy atom. The molecular formula is C19H24N2OS2. The molecule has 0 N–H and O–H groups in total. The van der Waals surface area contributed by atoms with E-state index in [0.29, 0.717) is 10.4 Å². The summed E-state index contributed by atoms with van der Waals surface area (Å²) in [6.45, 7) is 7.34. The van der Waals surface area contributed by atoms with Gasteiger partial charge < -0.3 is 4.90 Å². The summed E-state index contributed by atoms with van der Waals surface area (Å²) < 4.78 is 0.628. The Balaban J connectivity index is 1.87. The lowest BCUT2D eigenvalue weighted by Gasteiger charge is -2.34. The summed E-state index contributed by atoms with van der Waals surface area (Å²) in [5, 5.41) is 0. The lowest BCUT2D eigenvalue weighted by atomic mass is 10.0. The Bertz CT molecular complexity index is 699. The van der Waals surface area contributed by atoms with Gasteiger partial charge in [-0.15, -0.1) is 0 Å². The molecule has 3 rings (SSSR count). The second kappa shape index (κ2) is 7.28. The summed E-state index contributed by atoms with van der Waals surface area (Å²) in [5.74, 6) is 0.0115. The Labute approximate surface area is 154 Å². The second-order valence-electron chi connectivity index (χ2n) is 6.59. The molecule has 5 heteroatoms. The van der Waals surface area contributed by atoms with Crippen LogP contribution in [0.4, 0.5) is 5.69 Å². The monoisotopic (exact) mass is 360 g/mol. The van der Waals surface area contributed by atoms with Crippen molar-refractivity contribution in [2.75, 3.05) is 11.4 Å². The number of likely N-dealkylation sites (tertiary alicyclic amines) is 1. The summed E-state index contributed by atoms with van der Waals surface area (Å²) in [5.41, 5.74) is 3.17. The first kappa shape index (κ1) is 17.5. The second-order valence-corrected chi connectivity index (χ2v) is 8.26. The number of carbonyl (C=O) groups excluding carboxylic acids is 1. The SMILES string of the molecule is CCC1CCCCN1/C=C1\SC(=S)N(c2ccc(C)cc2C)C1=O. The largest absolute Gasteiger partial charge is 0.373 e. The first-order valence-corrected chi connectivity index (χ1v) is 9.84. The molecule has 2 aliphatic rings. The number of aryl methyl sites for hydroxylation is 2. The van der Waals surface area contributed by atoms with Crippen LogP contribution in [0.3, 0.4) is 0 Å². The van der Waals surface area contributed by atoms with Crippen molar-refractivity contribution in [3.63, 3.8) is 0 Å². The Kier molecular flexibility index (Phi) is 5.30. The fourth-order valence-corrected chi connectivity index (χ4v) is 4.78. The average Bonchev–Trinajstić information content (AvgIpc) is 2.83. The van der Waals surface area contributed by atoms with Crippen LogP contribution in [0.15, 0.2) is 29.3 Å². The molecule has 1 atom stereocenters. The molecule has 1 amide bonds. The van der Waals surface area contributed by atoms with Crippen molar-refractivity contribution >= 4 is 39.9 Å². The predicted octanol–water partition coefficient (Wildman–Crippen LogP) is 4.77. The maximum atomic E-state index is 12.9. The zero-order chi connectivity index (χ0) is 17.3. The third kappa shape index (κ3) is 3.38. The molecule has 2 saturated heterocycles. The quantitative estimate of drug-likeness (QED) is 0.572. The van der Waals surface area contributed by atoms with Crippen molar-refractivity contribution in [2.45, 2.75) is 52.5 Å². The fraction of sp³-hybridized carbons (Fsp3) is 0.474. The first-order chi connectivity index (χ1) is 11.5. The van der Waals surface area contributed by atoms with E-state index in [-0.39, 0.29) is 5.91 Å². The van der Waals surface area contributed by atoms with E-state index in [4.69, 9.17) is 12.2 Å². The highest BCUT2D eigenvalue weighted by Crippen LogP contribution is 2.37. The van der Waals surface area contributed by atoms with Crippen LogP contribution in [-0.2, 0) is 4.79 Å². The lowest BCUT2D eigenvalue weighted by molar-refractivity contribution is -0.113. The van der Waals surface area contributed by atoms with Crippen LogP contribution in [-0.4, -0.2) is 27.7 Å². The average molecular weight is 361 g/mol. The van der Waals surface area contributed by atoms with Crippen molar-refractivity contribution in [3.8, 4) is 0 Å². The molecule has 1 unspecified atom stereocenters. The Morgan fingerprint density at radius 2 is 2.12 bits per heavy atom. The predicted molar refractivity (Wildman–Crippen MR) is 106 cm³/mol. The fourth-order valence-electron chi connectivity index (χ4n) is 3.50. The minimum absolute atomic E-state index is 0.0115. The van der Waals surface area contributed by atoms with Crippen LogP contribution < -0.4 is 4.90 Å². The summed E-state index contributed by atoms with van der Waals surface area (Å²) in [6, 6.07) is 6.66. The Morgan fingerprint density at radius 1 is 1.33 bits per heavy atom. The van der Waals surface area contributed by atoms with Crippen molar-refractivity contribution < 1.29 is 4.79 Å². The normalized spacial score (nSPS) is 23.5. The van der Waals surface area contributed by atoms with Gasteiger partial charge >= 0.3 is 0 Å². The van der Waals surface area contributed by atoms with Crippen molar-refractivity contribution in [3.05, 3.63) is 40.4 Å². The number of carbonyl (C=O) groups is 1. The van der Waals surface area contributed by atoms with E-state index >= 15 is 0 Å². The lowest BCUT2D eigenvalue weighted by Crippen LogP contribution is -2.35. The summed E-state index contributed by atoms with van der Waals surface area (Å²) in [4.78, 5) is 17.7. The molecule has 0 bridgehead atoms. The molecule has 128 valence electrons. The summed E-state index contributed by atoms with van der Waals surface area (Å²) >= 11 is 6.93. The first-order valence-electron chi connectivity index (χ1n) is 8.62. The molecule has 0 saturated carbocycles. The summed E-state index contributed by atoms with van der Waals surface area (Å²) in [7, 11) is 0. The third-order valence-corrected chi connectivity index (χ3v) is 6.10. The zero-order valence-electron chi connectivity index (χ0n) is 14.5. The van der Waals surface area contributed by atoms with E-state index in [2.05, 4.69) is 31.0 Å². The topological polar surface area (TPSA) is 23.6 Å². The van der Waals surface area contributed by atoms with Crippen LogP contribution in [0, 0.1) is 13.8 Å². The number of amides is 1. The van der Waals surface area contributed by atoms with Gasteiger partial charge in [0.25, 0.3) is 5.91 Å².